The fourth-order valence-corrected chi connectivity index (χ4v) is 5.41. The second kappa shape index (κ2) is 8.19. The number of hydrogen-bond donors (Lipinski definition) is 2. The summed E-state index contributed by atoms with van der Waals surface area (Å²) in [6.07, 6.45) is 12.2. The standard InChI is InChI=1S/C27H30N6/c1-18(2)26-23-13-20(19-7-10-32(11-8-19)16-22-14-28-17-30-22)3-5-24(23)31-27(26)21-4-6-25-29-9-12-33(25)15-21/h3-6,9,12-15,17-19,31H,7-8,10-11,16H2,1-2H3,(H,28,30). The third-order valence-electron chi connectivity index (χ3n) is 7.12. The maximum Gasteiger partial charge on any atom is 0.136 e. The number of aromatic nitrogens is 5. The Hall–Kier alpha value is -3.38. The van der Waals surface area contributed by atoms with Crippen LogP contribution in [0.4, 0.5) is 0 Å². The lowest BCUT2D eigenvalue weighted by Crippen LogP contribution is -2.32. The number of benzene rings is 1. The molecule has 0 aliphatic carbocycles. The molecular weight excluding hydrogens is 408 g/mol. The van der Waals surface area contributed by atoms with Gasteiger partial charge in [-0.05, 0) is 73.2 Å². The van der Waals surface area contributed by atoms with Crippen molar-refractivity contribution in [3.8, 4) is 11.3 Å². The molecule has 0 atom stereocenters. The lowest BCUT2D eigenvalue weighted by molar-refractivity contribution is 0.203. The van der Waals surface area contributed by atoms with E-state index >= 15 is 0 Å². The van der Waals surface area contributed by atoms with E-state index in [9.17, 15) is 0 Å². The lowest BCUT2D eigenvalue weighted by Gasteiger charge is -2.31. The largest absolute Gasteiger partial charge is 0.354 e. The maximum atomic E-state index is 4.39. The monoisotopic (exact) mass is 438 g/mol. The third-order valence-corrected chi connectivity index (χ3v) is 7.12. The molecule has 5 heterocycles. The highest BCUT2D eigenvalue weighted by molar-refractivity contribution is 5.92. The predicted molar refractivity (Wildman–Crippen MR) is 132 cm³/mol. The van der Waals surface area contributed by atoms with Crippen LogP contribution >= 0.6 is 0 Å². The number of hydrogen-bond acceptors (Lipinski definition) is 3. The Kier molecular flexibility index (Phi) is 5.03. The number of likely N-dealkylation sites (tertiary alicyclic amines) is 1. The van der Waals surface area contributed by atoms with Crippen molar-refractivity contribution in [2.75, 3.05) is 13.1 Å². The first-order valence-electron chi connectivity index (χ1n) is 11.9. The average Bonchev–Trinajstić information content (AvgIpc) is 3.58. The number of pyridine rings is 1. The van der Waals surface area contributed by atoms with Crippen LogP contribution in [-0.4, -0.2) is 42.3 Å². The van der Waals surface area contributed by atoms with Gasteiger partial charge in [0.05, 0.1) is 17.7 Å². The Bertz CT molecular complexity index is 1380. The van der Waals surface area contributed by atoms with Gasteiger partial charge in [-0.15, -0.1) is 0 Å². The highest BCUT2D eigenvalue weighted by Gasteiger charge is 2.23. The fourth-order valence-electron chi connectivity index (χ4n) is 5.41. The Labute approximate surface area is 193 Å². The quantitative estimate of drug-likeness (QED) is 0.369. The molecule has 4 aromatic heterocycles. The molecule has 6 heteroatoms. The minimum atomic E-state index is 0.429. The number of imidazole rings is 2. The summed E-state index contributed by atoms with van der Waals surface area (Å²) in [6.45, 7) is 7.77. The second-order valence-electron chi connectivity index (χ2n) is 9.59. The molecule has 33 heavy (non-hydrogen) atoms. The summed E-state index contributed by atoms with van der Waals surface area (Å²) in [5, 5.41) is 1.36. The molecule has 2 N–H and O–H groups in total. The van der Waals surface area contributed by atoms with E-state index in [-0.39, 0.29) is 0 Å². The van der Waals surface area contributed by atoms with Crippen molar-refractivity contribution in [2.45, 2.75) is 45.1 Å². The zero-order chi connectivity index (χ0) is 22.4. The van der Waals surface area contributed by atoms with Crippen LogP contribution < -0.4 is 0 Å². The lowest BCUT2D eigenvalue weighted by atomic mass is 9.87. The summed E-state index contributed by atoms with van der Waals surface area (Å²) < 4.78 is 2.09. The third kappa shape index (κ3) is 3.74. The van der Waals surface area contributed by atoms with E-state index in [1.165, 1.54) is 46.1 Å². The van der Waals surface area contributed by atoms with Crippen LogP contribution in [0.1, 0.15) is 55.3 Å². The van der Waals surface area contributed by atoms with Crippen molar-refractivity contribution in [2.24, 2.45) is 0 Å². The van der Waals surface area contributed by atoms with Crippen molar-refractivity contribution in [1.82, 2.24) is 29.2 Å². The Morgan fingerprint density at radius 2 is 1.97 bits per heavy atom. The van der Waals surface area contributed by atoms with Gasteiger partial charge in [0, 0.05) is 47.8 Å². The highest BCUT2D eigenvalue weighted by atomic mass is 15.1. The van der Waals surface area contributed by atoms with E-state index in [2.05, 4.69) is 79.6 Å². The molecule has 1 saturated heterocycles. The van der Waals surface area contributed by atoms with Gasteiger partial charge in [-0.25, -0.2) is 9.97 Å². The zero-order valence-corrected chi connectivity index (χ0v) is 19.3. The molecule has 0 spiro atoms. The molecule has 1 fully saturated rings. The van der Waals surface area contributed by atoms with Gasteiger partial charge in [0.1, 0.15) is 5.65 Å². The topological polar surface area (TPSA) is 65.0 Å². The summed E-state index contributed by atoms with van der Waals surface area (Å²) in [6, 6.07) is 11.3. The SMILES string of the molecule is CC(C)c1c(-c2ccc3nccn3c2)[nH]c2ccc(C3CCN(Cc4c[nH]cn4)CC3)cc12. The van der Waals surface area contributed by atoms with E-state index < -0.39 is 0 Å². The van der Waals surface area contributed by atoms with Crippen LogP contribution in [-0.2, 0) is 6.54 Å². The maximum absolute atomic E-state index is 4.39. The zero-order valence-electron chi connectivity index (χ0n) is 19.3. The summed E-state index contributed by atoms with van der Waals surface area (Å²) >= 11 is 0. The molecule has 5 aromatic rings. The van der Waals surface area contributed by atoms with Crippen molar-refractivity contribution in [3.05, 3.63) is 78.3 Å². The molecule has 1 aliphatic heterocycles. The fraction of sp³-hybridized carbons (Fsp3) is 0.333. The van der Waals surface area contributed by atoms with Gasteiger partial charge < -0.3 is 14.4 Å². The molecule has 1 aromatic carbocycles. The smallest absolute Gasteiger partial charge is 0.136 e. The van der Waals surface area contributed by atoms with Crippen molar-refractivity contribution >= 4 is 16.6 Å². The molecule has 6 nitrogen and oxygen atoms in total. The molecule has 0 saturated carbocycles. The van der Waals surface area contributed by atoms with Gasteiger partial charge in [-0.2, -0.15) is 0 Å². The van der Waals surface area contributed by atoms with Crippen LogP contribution in [0.25, 0.3) is 27.8 Å². The number of aromatic amines is 2. The first kappa shape index (κ1) is 20.2. The molecular formula is C27H30N6. The van der Waals surface area contributed by atoms with Crippen LogP contribution in [0.15, 0.2) is 61.4 Å². The molecule has 168 valence electrons. The number of H-pyrrole nitrogens is 2. The van der Waals surface area contributed by atoms with Gasteiger partial charge in [-0.3, -0.25) is 4.90 Å². The number of nitrogens with zero attached hydrogens (tertiary/aromatic N) is 4. The first-order valence-corrected chi connectivity index (χ1v) is 11.9. The molecule has 0 bridgehead atoms. The number of fused-ring (bicyclic) bond motifs is 2. The summed E-state index contributed by atoms with van der Waals surface area (Å²) in [7, 11) is 0. The summed E-state index contributed by atoms with van der Waals surface area (Å²) in [5.74, 6) is 1.05. The number of nitrogens with one attached hydrogen (secondary N) is 2. The summed E-state index contributed by atoms with van der Waals surface area (Å²) in [5.41, 5.74) is 8.63. The number of rotatable bonds is 5. The van der Waals surface area contributed by atoms with Crippen LogP contribution in [0, 0.1) is 0 Å². The van der Waals surface area contributed by atoms with E-state index in [0.717, 1.165) is 31.0 Å². The highest BCUT2D eigenvalue weighted by Crippen LogP contribution is 2.38. The van der Waals surface area contributed by atoms with Gasteiger partial charge in [0.15, 0.2) is 0 Å². The number of piperidine rings is 1. The minimum absolute atomic E-state index is 0.429. The molecule has 1 aliphatic rings. The first-order chi connectivity index (χ1) is 16.2. The Morgan fingerprint density at radius 1 is 1.09 bits per heavy atom. The second-order valence-corrected chi connectivity index (χ2v) is 9.59. The Balaban J connectivity index is 1.30. The van der Waals surface area contributed by atoms with Gasteiger partial charge in [-0.1, -0.05) is 19.9 Å². The van der Waals surface area contributed by atoms with Crippen molar-refractivity contribution in [3.63, 3.8) is 0 Å². The molecule has 0 radical (unpaired) electrons. The Morgan fingerprint density at radius 3 is 2.76 bits per heavy atom. The average molecular weight is 439 g/mol. The van der Waals surface area contributed by atoms with Crippen molar-refractivity contribution in [1.29, 1.82) is 0 Å². The van der Waals surface area contributed by atoms with Crippen LogP contribution in [0.3, 0.4) is 0 Å². The van der Waals surface area contributed by atoms with Gasteiger partial charge in [0.25, 0.3) is 0 Å². The minimum Gasteiger partial charge on any atom is -0.354 e. The van der Waals surface area contributed by atoms with E-state index in [1.807, 2.05) is 18.6 Å². The van der Waals surface area contributed by atoms with E-state index in [1.54, 1.807) is 6.33 Å². The van der Waals surface area contributed by atoms with E-state index in [4.69, 9.17) is 0 Å². The normalized spacial score (nSPS) is 15.8. The van der Waals surface area contributed by atoms with Gasteiger partial charge in [0.2, 0.25) is 0 Å². The van der Waals surface area contributed by atoms with Crippen molar-refractivity contribution < 1.29 is 0 Å². The van der Waals surface area contributed by atoms with E-state index in [0.29, 0.717) is 11.8 Å². The summed E-state index contributed by atoms with van der Waals surface area (Å²) in [4.78, 5) is 18.1. The molecule has 0 amide bonds. The van der Waals surface area contributed by atoms with Gasteiger partial charge >= 0.3 is 0 Å². The van der Waals surface area contributed by atoms with Crippen LogP contribution in [0.5, 0.6) is 0 Å². The molecule has 0 unspecified atom stereocenters. The molecule has 6 rings (SSSR count). The predicted octanol–water partition coefficient (Wildman–Crippen LogP) is 5.71. The van der Waals surface area contributed by atoms with Crippen LogP contribution in [0.2, 0.25) is 0 Å².